The van der Waals surface area contributed by atoms with E-state index in [1.165, 1.54) is 12.1 Å². The van der Waals surface area contributed by atoms with Crippen LogP contribution in [0.5, 0.6) is 5.88 Å². The van der Waals surface area contributed by atoms with E-state index >= 15 is 0 Å². The zero-order valence-electron chi connectivity index (χ0n) is 17.5. The third-order valence-electron chi connectivity index (χ3n) is 5.82. The molecule has 2 aromatic rings. The highest BCUT2D eigenvalue weighted by Gasteiger charge is 2.36. The van der Waals surface area contributed by atoms with Crippen LogP contribution in [-0.4, -0.2) is 40.1 Å². The first-order chi connectivity index (χ1) is 14.7. The van der Waals surface area contributed by atoms with Crippen LogP contribution in [-0.2, 0) is 17.4 Å². The summed E-state index contributed by atoms with van der Waals surface area (Å²) in [4.78, 5) is 26.9. The van der Waals surface area contributed by atoms with Gasteiger partial charge in [0.1, 0.15) is 29.4 Å². The summed E-state index contributed by atoms with van der Waals surface area (Å²) in [6.07, 6.45) is -1.96. The molecular formula is C21H24F3N5O2. The van der Waals surface area contributed by atoms with Crippen LogP contribution in [0.2, 0.25) is 0 Å². The minimum atomic E-state index is -4.49. The van der Waals surface area contributed by atoms with Gasteiger partial charge in [-0.2, -0.15) is 13.2 Å². The minimum absolute atomic E-state index is 0.0119. The Morgan fingerprint density at radius 1 is 1.23 bits per heavy atom. The first kappa shape index (κ1) is 21.3. The maximum Gasteiger partial charge on any atom is 0.433 e. The fourth-order valence-electron chi connectivity index (χ4n) is 4.10. The van der Waals surface area contributed by atoms with Crippen molar-refractivity contribution in [1.82, 2.24) is 15.0 Å². The number of alkyl halides is 3. The maximum absolute atomic E-state index is 12.8. The van der Waals surface area contributed by atoms with E-state index < -0.39 is 11.9 Å². The predicted molar refractivity (Wildman–Crippen MR) is 108 cm³/mol. The van der Waals surface area contributed by atoms with Crippen molar-refractivity contribution in [3.63, 3.8) is 0 Å². The maximum atomic E-state index is 12.8. The van der Waals surface area contributed by atoms with E-state index in [1.807, 2.05) is 25.8 Å². The average Bonchev–Trinajstić information content (AvgIpc) is 2.67. The Morgan fingerprint density at radius 3 is 2.65 bits per heavy atom. The molecule has 2 aliphatic rings. The second-order valence-corrected chi connectivity index (χ2v) is 8.09. The molecule has 3 heterocycles. The summed E-state index contributed by atoms with van der Waals surface area (Å²) in [5.41, 5.74) is 0.404. The first-order valence-electron chi connectivity index (χ1n) is 10.3. The molecule has 1 atom stereocenters. The number of ether oxygens (including phenoxy) is 1. The molecule has 0 unspecified atom stereocenters. The number of aromatic nitrogens is 3. The third-order valence-corrected chi connectivity index (χ3v) is 5.82. The number of carbonyl (C=O) groups is 1. The number of nitrogens with zero attached hydrogens (tertiary/aromatic N) is 4. The number of nitrogens with one attached hydrogen (secondary N) is 1. The van der Waals surface area contributed by atoms with E-state index in [1.54, 1.807) is 0 Å². The molecule has 2 aromatic heterocycles. The molecule has 1 aliphatic heterocycles. The summed E-state index contributed by atoms with van der Waals surface area (Å²) >= 11 is 0. The lowest BCUT2D eigenvalue weighted by molar-refractivity contribution is -0.141. The normalized spacial score (nSPS) is 23.1. The monoisotopic (exact) mass is 435 g/mol. The molecule has 1 amide bonds. The van der Waals surface area contributed by atoms with Gasteiger partial charge in [0.15, 0.2) is 5.82 Å². The summed E-state index contributed by atoms with van der Waals surface area (Å²) in [7, 11) is 1.86. The van der Waals surface area contributed by atoms with E-state index in [4.69, 9.17) is 4.74 Å². The highest BCUT2D eigenvalue weighted by Crippen LogP contribution is 2.36. The summed E-state index contributed by atoms with van der Waals surface area (Å²) in [6.45, 7) is 3.80. The summed E-state index contributed by atoms with van der Waals surface area (Å²) in [5.74, 6) is 1.61. The number of amides is 1. The van der Waals surface area contributed by atoms with Gasteiger partial charge in [-0.1, -0.05) is 13.0 Å². The van der Waals surface area contributed by atoms with Crippen molar-refractivity contribution in [3.05, 3.63) is 35.4 Å². The number of anilines is 2. The van der Waals surface area contributed by atoms with Crippen molar-refractivity contribution in [2.75, 3.05) is 17.3 Å². The minimum Gasteiger partial charge on any atom is -0.474 e. The molecule has 31 heavy (non-hydrogen) atoms. The molecule has 0 bridgehead atoms. The van der Waals surface area contributed by atoms with Crippen LogP contribution in [0, 0.1) is 12.8 Å². The number of pyridine rings is 1. The van der Waals surface area contributed by atoms with Gasteiger partial charge >= 0.3 is 6.18 Å². The molecule has 1 N–H and O–H groups in total. The molecule has 10 heteroatoms. The van der Waals surface area contributed by atoms with Gasteiger partial charge < -0.3 is 15.0 Å². The van der Waals surface area contributed by atoms with E-state index in [0.29, 0.717) is 43.0 Å². The van der Waals surface area contributed by atoms with Crippen LogP contribution in [0.1, 0.15) is 43.4 Å². The lowest BCUT2D eigenvalue weighted by Crippen LogP contribution is -2.46. The molecule has 1 saturated carbocycles. The van der Waals surface area contributed by atoms with Crippen LogP contribution in [0.25, 0.3) is 0 Å². The van der Waals surface area contributed by atoms with Crippen molar-refractivity contribution in [2.24, 2.45) is 5.92 Å². The van der Waals surface area contributed by atoms with Crippen LogP contribution < -0.4 is 15.0 Å². The Hall–Kier alpha value is -2.91. The molecule has 0 spiro atoms. The number of rotatable bonds is 5. The third kappa shape index (κ3) is 4.28. The second kappa shape index (κ2) is 7.97. The average molecular weight is 435 g/mol. The van der Waals surface area contributed by atoms with Gasteiger partial charge in [-0.25, -0.2) is 15.0 Å². The van der Waals surface area contributed by atoms with Gasteiger partial charge in [0.25, 0.3) is 0 Å². The van der Waals surface area contributed by atoms with E-state index in [9.17, 15) is 18.0 Å². The molecule has 0 aromatic carbocycles. The lowest BCUT2D eigenvalue weighted by Gasteiger charge is -2.36. The Balaban J connectivity index is 1.39. The number of halogens is 3. The molecular weight excluding hydrogens is 411 g/mol. The van der Waals surface area contributed by atoms with Gasteiger partial charge in [0.2, 0.25) is 11.8 Å². The largest absolute Gasteiger partial charge is 0.474 e. The van der Waals surface area contributed by atoms with Crippen molar-refractivity contribution in [2.45, 2.75) is 57.9 Å². The fourth-order valence-corrected chi connectivity index (χ4v) is 4.10. The number of aryl methyl sites for hydroxylation is 1. The zero-order valence-corrected chi connectivity index (χ0v) is 17.5. The quantitative estimate of drug-likeness (QED) is 0.770. The van der Waals surface area contributed by atoms with Crippen molar-refractivity contribution >= 4 is 17.4 Å². The van der Waals surface area contributed by atoms with Gasteiger partial charge in [-0.3, -0.25) is 4.79 Å². The van der Waals surface area contributed by atoms with Gasteiger partial charge in [-0.15, -0.1) is 0 Å². The Kier molecular flexibility index (Phi) is 5.49. The summed E-state index contributed by atoms with van der Waals surface area (Å²) in [6, 6.07) is 3.39. The fraction of sp³-hybridized carbons (Fsp3) is 0.524. The van der Waals surface area contributed by atoms with Crippen LogP contribution in [0.4, 0.5) is 24.7 Å². The Morgan fingerprint density at radius 2 is 1.97 bits per heavy atom. The van der Waals surface area contributed by atoms with E-state index in [2.05, 4.69) is 20.3 Å². The number of carbonyl (C=O) groups excluding carboxylic acids is 1. The second-order valence-electron chi connectivity index (χ2n) is 8.09. The van der Waals surface area contributed by atoms with E-state index in [0.717, 1.165) is 11.8 Å². The Labute approximate surface area is 178 Å². The molecule has 4 rings (SSSR count). The number of likely N-dealkylation sites (N-methyl/N-ethyl adjacent to an activating group) is 1. The first-order valence-corrected chi connectivity index (χ1v) is 10.3. The predicted octanol–water partition coefficient (Wildman–Crippen LogP) is 3.77. The molecule has 1 fully saturated rings. The van der Waals surface area contributed by atoms with Crippen LogP contribution in [0.15, 0.2) is 18.2 Å². The summed E-state index contributed by atoms with van der Waals surface area (Å²) < 4.78 is 44.0. The molecule has 7 nitrogen and oxygen atoms in total. The smallest absolute Gasteiger partial charge is 0.433 e. The van der Waals surface area contributed by atoms with Crippen molar-refractivity contribution in [3.8, 4) is 5.88 Å². The van der Waals surface area contributed by atoms with Crippen molar-refractivity contribution in [1.29, 1.82) is 0 Å². The van der Waals surface area contributed by atoms with Crippen LogP contribution in [0.3, 0.4) is 0 Å². The standard InChI is InChI=1S/C21H24F3N5O2/c1-4-14-20(30)28-18-11(2)25-16(27-19(18)29(14)3)10-12-8-13(9-12)31-17-7-5-6-15(26-17)21(22,23)24/h5-7,12-14H,4,8-10H2,1-3H3,(H,28,30)/t12?,13?,14-/m0/s1. The molecule has 0 saturated heterocycles. The van der Waals surface area contributed by atoms with E-state index in [-0.39, 0.29) is 29.9 Å². The SMILES string of the molecule is CC[C@H]1C(=O)Nc2c(C)nc(CC3CC(Oc4cccc(C(F)(F)F)n4)C3)nc2N1C. The number of hydrogen-bond donors (Lipinski definition) is 1. The highest BCUT2D eigenvalue weighted by atomic mass is 19.4. The molecule has 166 valence electrons. The molecule has 1 aliphatic carbocycles. The highest BCUT2D eigenvalue weighted by molar-refractivity contribution is 6.03. The number of hydrogen-bond acceptors (Lipinski definition) is 6. The van der Waals surface area contributed by atoms with Gasteiger partial charge in [0.05, 0.1) is 5.69 Å². The summed E-state index contributed by atoms with van der Waals surface area (Å²) in [5, 5.41) is 2.90. The van der Waals surface area contributed by atoms with Gasteiger partial charge in [-0.05, 0) is 38.2 Å². The molecule has 0 radical (unpaired) electrons. The number of fused-ring (bicyclic) bond motifs is 1. The van der Waals surface area contributed by atoms with Crippen LogP contribution >= 0.6 is 0 Å². The topological polar surface area (TPSA) is 80.2 Å². The van der Waals surface area contributed by atoms with Gasteiger partial charge in [0, 0.05) is 19.5 Å². The van der Waals surface area contributed by atoms with Crippen molar-refractivity contribution < 1.29 is 22.7 Å². The zero-order chi connectivity index (χ0) is 22.3. The Bertz CT molecular complexity index is 991. The lowest BCUT2D eigenvalue weighted by atomic mass is 9.80.